The topological polar surface area (TPSA) is 36.3 Å². The summed E-state index contributed by atoms with van der Waals surface area (Å²) in [4.78, 5) is 2.48. The molecule has 3 heteroatoms. The molecule has 3 rings (SSSR count). The van der Waals surface area contributed by atoms with Crippen LogP contribution in [-0.2, 0) is 6.54 Å². The van der Waals surface area contributed by atoms with E-state index >= 15 is 0 Å². The van der Waals surface area contributed by atoms with Crippen molar-refractivity contribution >= 4 is 0 Å². The van der Waals surface area contributed by atoms with Crippen molar-refractivity contribution in [2.24, 2.45) is 5.41 Å². The first-order valence-corrected chi connectivity index (χ1v) is 9.95. The van der Waals surface area contributed by atoms with Gasteiger partial charge in [0.05, 0.1) is 13.2 Å². The molecule has 0 atom stereocenters. The summed E-state index contributed by atoms with van der Waals surface area (Å²) in [5, 5.41) is 8.98. The van der Waals surface area contributed by atoms with Crippen LogP contribution in [0.4, 0.5) is 0 Å². The van der Waals surface area contributed by atoms with Gasteiger partial charge in [-0.2, -0.15) is 5.26 Å². The van der Waals surface area contributed by atoms with E-state index in [0.717, 1.165) is 43.8 Å². The second-order valence-electron chi connectivity index (χ2n) is 7.32. The summed E-state index contributed by atoms with van der Waals surface area (Å²) in [7, 11) is 1.74. The first-order valence-electron chi connectivity index (χ1n) is 9.95. The van der Waals surface area contributed by atoms with E-state index in [4.69, 9.17) is 10.00 Å². The van der Waals surface area contributed by atoms with Gasteiger partial charge < -0.3 is 4.74 Å². The van der Waals surface area contributed by atoms with Gasteiger partial charge >= 0.3 is 0 Å². The maximum atomic E-state index is 8.98. The minimum atomic E-state index is 0.195. The lowest BCUT2D eigenvalue weighted by Crippen LogP contribution is -2.38. The van der Waals surface area contributed by atoms with E-state index in [1.165, 1.54) is 11.1 Å². The first kappa shape index (κ1) is 21.0. The summed E-state index contributed by atoms with van der Waals surface area (Å²) in [6.45, 7) is 9.29. The summed E-state index contributed by atoms with van der Waals surface area (Å²) >= 11 is 0. The zero-order valence-corrected chi connectivity index (χ0v) is 17.2. The molecule has 0 bridgehead atoms. The second kappa shape index (κ2) is 10.1. The summed E-state index contributed by atoms with van der Waals surface area (Å²) in [5.41, 5.74) is 3.78. The zero-order valence-electron chi connectivity index (χ0n) is 17.2. The molecular weight excluding hydrogens is 332 g/mol. The summed E-state index contributed by atoms with van der Waals surface area (Å²) in [5.74, 6) is 0.926. The summed E-state index contributed by atoms with van der Waals surface area (Å²) in [6, 6.07) is 19.2. The van der Waals surface area contributed by atoms with Gasteiger partial charge in [-0.15, -0.1) is 0 Å². The van der Waals surface area contributed by atoms with Crippen LogP contribution in [0, 0.1) is 16.7 Å². The van der Waals surface area contributed by atoms with E-state index in [1.54, 1.807) is 7.11 Å². The number of methoxy groups -OCH3 is 1. The largest absolute Gasteiger partial charge is 0.496 e. The molecule has 27 heavy (non-hydrogen) atoms. The number of rotatable bonds is 5. The Kier molecular flexibility index (Phi) is 7.88. The number of nitrogens with zero attached hydrogens (tertiary/aromatic N) is 2. The molecule has 0 amide bonds. The average molecular weight is 365 g/mol. The molecule has 0 unspecified atom stereocenters. The monoisotopic (exact) mass is 364 g/mol. The van der Waals surface area contributed by atoms with E-state index in [0.29, 0.717) is 6.42 Å². The quantitative estimate of drug-likeness (QED) is 0.662. The van der Waals surface area contributed by atoms with E-state index in [-0.39, 0.29) is 5.41 Å². The fraction of sp³-hybridized carbons (Fsp3) is 0.458. The lowest BCUT2D eigenvalue weighted by Gasteiger charge is -2.38. The van der Waals surface area contributed by atoms with Gasteiger partial charge in [0.2, 0.25) is 0 Å². The van der Waals surface area contributed by atoms with Crippen LogP contribution >= 0.6 is 0 Å². The Morgan fingerprint density at radius 3 is 2.33 bits per heavy atom. The molecule has 2 aromatic carbocycles. The maximum absolute atomic E-state index is 8.98. The Hall–Kier alpha value is -2.31. The van der Waals surface area contributed by atoms with Gasteiger partial charge in [-0.25, -0.2) is 0 Å². The molecule has 1 saturated heterocycles. The Morgan fingerprint density at radius 2 is 1.74 bits per heavy atom. The molecule has 144 valence electrons. The fourth-order valence-electron chi connectivity index (χ4n) is 3.57. The SMILES string of the molecule is CC.COc1cc(CN2CCC(C)(CC#N)CC2)ccc1-c1ccccc1. The molecule has 0 saturated carbocycles. The number of hydrogen-bond acceptors (Lipinski definition) is 3. The van der Waals surface area contributed by atoms with Crippen molar-refractivity contribution in [2.75, 3.05) is 20.2 Å². The van der Waals surface area contributed by atoms with Gasteiger partial charge in [-0.3, -0.25) is 4.90 Å². The standard InChI is InChI=1S/C22H26N2O.C2H6/c1-22(10-13-23)11-14-24(15-12-22)17-18-8-9-20(21(16-18)25-2)19-6-4-3-5-7-19;1-2/h3-9,16H,10-12,14-15,17H2,1-2H3;1-2H3. The Labute approximate surface area is 164 Å². The van der Waals surface area contributed by atoms with Crippen LogP contribution in [0.3, 0.4) is 0 Å². The Bertz CT molecular complexity index is 741. The third kappa shape index (κ3) is 5.58. The van der Waals surface area contributed by atoms with E-state index in [1.807, 2.05) is 19.9 Å². The maximum Gasteiger partial charge on any atom is 0.127 e. The van der Waals surface area contributed by atoms with Crippen molar-refractivity contribution in [3.8, 4) is 22.9 Å². The van der Waals surface area contributed by atoms with Crippen LogP contribution < -0.4 is 4.74 Å². The highest BCUT2D eigenvalue weighted by Crippen LogP contribution is 2.35. The highest BCUT2D eigenvalue weighted by Gasteiger charge is 2.29. The third-order valence-electron chi connectivity index (χ3n) is 5.33. The minimum Gasteiger partial charge on any atom is -0.496 e. The third-order valence-corrected chi connectivity index (χ3v) is 5.33. The molecule has 0 N–H and O–H groups in total. The summed E-state index contributed by atoms with van der Waals surface area (Å²) in [6.07, 6.45) is 2.86. The minimum absolute atomic E-state index is 0.195. The van der Waals surface area contributed by atoms with Crippen molar-refractivity contribution in [1.29, 1.82) is 5.26 Å². The normalized spacial score (nSPS) is 16.0. The molecule has 2 aromatic rings. The van der Waals surface area contributed by atoms with Gasteiger partial charge in [0.25, 0.3) is 0 Å². The Balaban J connectivity index is 0.00000126. The van der Waals surface area contributed by atoms with Crippen molar-refractivity contribution < 1.29 is 4.74 Å². The molecule has 1 aliphatic heterocycles. The molecule has 3 nitrogen and oxygen atoms in total. The van der Waals surface area contributed by atoms with Crippen LogP contribution in [0.2, 0.25) is 0 Å². The summed E-state index contributed by atoms with van der Waals surface area (Å²) < 4.78 is 5.64. The van der Waals surface area contributed by atoms with Crippen LogP contribution in [0.25, 0.3) is 11.1 Å². The van der Waals surface area contributed by atoms with Crippen LogP contribution in [0.15, 0.2) is 48.5 Å². The van der Waals surface area contributed by atoms with Crippen molar-refractivity contribution in [1.82, 2.24) is 4.90 Å². The lowest BCUT2D eigenvalue weighted by molar-refractivity contribution is 0.116. The highest BCUT2D eigenvalue weighted by molar-refractivity contribution is 5.70. The molecule has 0 aromatic heterocycles. The first-order chi connectivity index (χ1) is 13.1. The van der Waals surface area contributed by atoms with Crippen LogP contribution in [0.5, 0.6) is 5.75 Å². The number of benzene rings is 2. The number of nitriles is 1. The second-order valence-corrected chi connectivity index (χ2v) is 7.32. The molecule has 0 radical (unpaired) electrons. The van der Waals surface area contributed by atoms with Gasteiger partial charge in [-0.05, 0) is 48.5 Å². The fourth-order valence-corrected chi connectivity index (χ4v) is 3.57. The molecule has 0 spiro atoms. The molecule has 1 fully saturated rings. The van der Waals surface area contributed by atoms with Gasteiger partial charge in [0.1, 0.15) is 5.75 Å². The number of ether oxygens (including phenoxy) is 1. The van der Waals surface area contributed by atoms with Crippen molar-refractivity contribution in [2.45, 2.75) is 46.6 Å². The van der Waals surface area contributed by atoms with E-state index in [2.05, 4.69) is 60.4 Å². The Morgan fingerprint density at radius 1 is 1.07 bits per heavy atom. The van der Waals surface area contributed by atoms with Gasteiger partial charge in [-0.1, -0.05) is 63.2 Å². The predicted molar refractivity (Wildman–Crippen MR) is 113 cm³/mol. The molecule has 1 heterocycles. The molecule has 1 aliphatic rings. The molecular formula is C24H32N2O. The van der Waals surface area contributed by atoms with Crippen molar-refractivity contribution in [3.63, 3.8) is 0 Å². The van der Waals surface area contributed by atoms with E-state index in [9.17, 15) is 0 Å². The average Bonchev–Trinajstić information content (AvgIpc) is 2.72. The zero-order chi connectivity index (χ0) is 19.7. The van der Waals surface area contributed by atoms with Gasteiger partial charge in [0, 0.05) is 18.5 Å². The number of likely N-dealkylation sites (tertiary alicyclic amines) is 1. The highest BCUT2D eigenvalue weighted by atomic mass is 16.5. The van der Waals surface area contributed by atoms with Crippen LogP contribution in [-0.4, -0.2) is 25.1 Å². The number of piperidine rings is 1. The van der Waals surface area contributed by atoms with Gasteiger partial charge in [0.15, 0.2) is 0 Å². The van der Waals surface area contributed by atoms with Crippen LogP contribution in [0.1, 0.15) is 45.6 Å². The van der Waals surface area contributed by atoms with E-state index < -0.39 is 0 Å². The number of hydrogen-bond donors (Lipinski definition) is 0. The predicted octanol–water partition coefficient (Wildman–Crippen LogP) is 5.90. The lowest BCUT2D eigenvalue weighted by atomic mass is 9.78. The molecule has 0 aliphatic carbocycles. The smallest absolute Gasteiger partial charge is 0.127 e. The van der Waals surface area contributed by atoms with Crippen molar-refractivity contribution in [3.05, 3.63) is 54.1 Å².